The van der Waals surface area contributed by atoms with Crippen molar-refractivity contribution < 1.29 is 0 Å². The minimum Gasteiger partial charge on any atom is -0.334 e. The molecule has 0 unspecified atom stereocenters. The lowest BCUT2D eigenvalue weighted by Gasteiger charge is -2.33. The number of halogens is 1. The number of nitrogens with zero attached hydrogens (tertiary/aromatic N) is 2. The van der Waals surface area contributed by atoms with Crippen LogP contribution in [0.4, 0.5) is 0 Å². The van der Waals surface area contributed by atoms with Crippen LogP contribution in [0.25, 0.3) is 0 Å². The van der Waals surface area contributed by atoms with Gasteiger partial charge in [-0.15, -0.1) is 12.4 Å². The van der Waals surface area contributed by atoms with Crippen molar-refractivity contribution >= 4 is 12.4 Å². The molecule has 2 N–H and O–H groups in total. The first-order valence-electron chi connectivity index (χ1n) is 3.59. The lowest BCUT2D eigenvalue weighted by atomic mass is 9.87. The van der Waals surface area contributed by atoms with Crippen LogP contribution in [0.2, 0.25) is 0 Å². The van der Waals surface area contributed by atoms with E-state index in [1.54, 1.807) is 0 Å². The molecule has 0 amide bonds. The van der Waals surface area contributed by atoms with Crippen molar-refractivity contribution in [3.8, 4) is 0 Å². The molecule has 0 saturated heterocycles. The van der Waals surface area contributed by atoms with Crippen LogP contribution in [0.5, 0.6) is 0 Å². The van der Waals surface area contributed by atoms with Crippen LogP contribution in [-0.4, -0.2) is 15.6 Å². The van der Waals surface area contributed by atoms with Gasteiger partial charge in [0, 0.05) is 24.5 Å². The van der Waals surface area contributed by atoms with E-state index in [9.17, 15) is 0 Å². The number of imidazole rings is 1. The van der Waals surface area contributed by atoms with Gasteiger partial charge in [0.05, 0.1) is 6.33 Å². The molecule has 1 heterocycles. The van der Waals surface area contributed by atoms with Gasteiger partial charge >= 0.3 is 0 Å². The van der Waals surface area contributed by atoms with Crippen LogP contribution >= 0.6 is 12.4 Å². The number of nitrogens with two attached hydrogens (primary N) is 1. The van der Waals surface area contributed by atoms with Gasteiger partial charge < -0.3 is 10.3 Å². The molecular formula is C7H12ClN3. The molecule has 3 nitrogen and oxygen atoms in total. The summed E-state index contributed by atoms with van der Waals surface area (Å²) >= 11 is 0. The van der Waals surface area contributed by atoms with Gasteiger partial charge in [-0.05, 0) is 12.8 Å². The van der Waals surface area contributed by atoms with Crippen molar-refractivity contribution in [3.05, 3.63) is 18.7 Å². The van der Waals surface area contributed by atoms with Crippen molar-refractivity contribution in [1.82, 2.24) is 9.55 Å². The van der Waals surface area contributed by atoms with E-state index >= 15 is 0 Å². The van der Waals surface area contributed by atoms with Crippen molar-refractivity contribution in [2.45, 2.75) is 24.9 Å². The third-order valence-corrected chi connectivity index (χ3v) is 2.10. The molecule has 1 aliphatic rings. The van der Waals surface area contributed by atoms with Crippen LogP contribution in [0, 0.1) is 0 Å². The standard InChI is InChI=1S/C7H11N3.ClH/c8-6-3-7(4-6)10-2-1-9-5-10;/h1-2,5-7H,3-4,8H2;1H/t6-,7-;. The second-order valence-electron chi connectivity index (χ2n) is 2.90. The highest BCUT2D eigenvalue weighted by Crippen LogP contribution is 2.29. The Hall–Kier alpha value is -0.540. The van der Waals surface area contributed by atoms with E-state index in [1.165, 1.54) is 0 Å². The topological polar surface area (TPSA) is 43.8 Å². The molecule has 0 spiro atoms. The molecule has 1 fully saturated rings. The molecule has 0 bridgehead atoms. The van der Waals surface area contributed by atoms with Gasteiger partial charge in [-0.25, -0.2) is 4.98 Å². The lowest BCUT2D eigenvalue weighted by molar-refractivity contribution is 0.266. The molecule has 1 aromatic rings. The van der Waals surface area contributed by atoms with Crippen LogP contribution < -0.4 is 5.73 Å². The van der Waals surface area contributed by atoms with Crippen molar-refractivity contribution in [2.24, 2.45) is 5.73 Å². The summed E-state index contributed by atoms with van der Waals surface area (Å²) in [6.07, 6.45) is 7.88. The van der Waals surface area contributed by atoms with Gasteiger partial charge in [-0.1, -0.05) is 0 Å². The first-order chi connectivity index (χ1) is 4.86. The van der Waals surface area contributed by atoms with Crippen LogP contribution in [0.3, 0.4) is 0 Å². The van der Waals surface area contributed by atoms with Crippen molar-refractivity contribution in [2.75, 3.05) is 0 Å². The monoisotopic (exact) mass is 173 g/mol. The molecule has 0 aliphatic heterocycles. The van der Waals surface area contributed by atoms with Gasteiger partial charge in [0.1, 0.15) is 0 Å². The summed E-state index contributed by atoms with van der Waals surface area (Å²) in [5.74, 6) is 0. The quantitative estimate of drug-likeness (QED) is 0.688. The Labute approximate surface area is 72.0 Å². The summed E-state index contributed by atoms with van der Waals surface area (Å²) in [6.45, 7) is 0. The molecule has 0 atom stereocenters. The van der Waals surface area contributed by atoms with E-state index in [1.807, 2.05) is 18.7 Å². The Morgan fingerprint density at radius 1 is 1.45 bits per heavy atom. The summed E-state index contributed by atoms with van der Waals surface area (Å²) in [6, 6.07) is 1.05. The molecule has 1 saturated carbocycles. The highest BCUT2D eigenvalue weighted by atomic mass is 35.5. The first-order valence-corrected chi connectivity index (χ1v) is 3.59. The lowest BCUT2D eigenvalue weighted by Crippen LogP contribution is -2.37. The van der Waals surface area contributed by atoms with E-state index in [-0.39, 0.29) is 12.4 Å². The maximum Gasteiger partial charge on any atom is 0.0948 e. The Morgan fingerprint density at radius 3 is 2.64 bits per heavy atom. The predicted octanol–water partition coefficient (Wildman–Crippen LogP) is 0.967. The largest absolute Gasteiger partial charge is 0.334 e. The summed E-state index contributed by atoms with van der Waals surface area (Å²) in [5, 5.41) is 0. The summed E-state index contributed by atoms with van der Waals surface area (Å²) in [4.78, 5) is 3.97. The van der Waals surface area contributed by atoms with Crippen LogP contribution in [0.15, 0.2) is 18.7 Å². The number of rotatable bonds is 1. The van der Waals surface area contributed by atoms with Gasteiger partial charge in [-0.3, -0.25) is 0 Å². The molecule has 2 rings (SSSR count). The number of aromatic nitrogens is 2. The zero-order valence-electron chi connectivity index (χ0n) is 6.18. The molecule has 1 aromatic heterocycles. The Morgan fingerprint density at radius 2 is 2.18 bits per heavy atom. The molecule has 4 heteroatoms. The fraction of sp³-hybridized carbons (Fsp3) is 0.571. The molecule has 11 heavy (non-hydrogen) atoms. The van der Waals surface area contributed by atoms with Crippen molar-refractivity contribution in [3.63, 3.8) is 0 Å². The van der Waals surface area contributed by atoms with Crippen molar-refractivity contribution in [1.29, 1.82) is 0 Å². The maximum atomic E-state index is 5.64. The highest BCUT2D eigenvalue weighted by molar-refractivity contribution is 5.85. The fourth-order valence-corrected chi connectivity index (χ4v) is 1.36. The maximum absolute atomic E-state index is 5.64. The molecular weight excluding hydrogens is 162 g/mol. The molecule has 1 aliphatic carbocycles. The van der Waals surface area contributed by atoms with E-state index in [4.69, 9.17) is 5.73 Å². The normalized spacial score (nSPS) is 28.8. The van der Waals surface area contributed by atoms with Gasteiger partial charge in [0.25, 0.3) is 0 Å². The van der Waals surface area contributed by atoms with Gasteiger partial charge in [0.15, 0.2) is 0 Å². The summed E-state index contributed by atoms with van der Waals surface area (Å²) in [7, 11) is 0. The SMILES string of the molecule is Cl.N[C@H]1C[C@H](n2ccnc2)C1. The van der Waals surface area contributed by atoms with E-state index in [0.717, 1.165) is 12.8 Å². The van der Waals surface area contributed by atoms with Gasteiger partial charge in [0.2, 0.25) is 0 Å². The van der Waals surface area contributed by atoms with E-state index in [2.05, 4.69) is 9.55 Å². The predicted molar refractivity (Wildman–Crippen MR) is 45.7 cm³/mol. The Bertz CT molecular complexity index is 203. The molecule has 0 radical (unpaired) electrons. The number of hydrogen-bond donors (Lipinski definition) is 1. The summed E-state index contributed by atoms with van der Waals surface area (Å²) < 4.78 is 2.13. The van der Waals surface area contributed by atoms with Gasteiger partial charge in [-0.2, -0.15) is 0 Å². The Balaban J connectivity index is 0.000000605. The Kier molecular flexibility index (Phi) is 2.52. The average molecular weight is 174 g/mol. The van der Waals surface area contributed by atoms with Crippen LogP contribution in [0.1, 0.15) is 18.9 Å². The second-order valence-corrected chi connectivity index (χ2v) is 2.90. The third kappa shape index (κ3) is 1.54. The number of hydrogen-bond acceptors (Lipinski definition) is 2. The minimum atomic E-state index is 0. The van der Waals surface area contributed by atoms with Crippen LogP contribution in [-0.2, 0) is 0 Å². The fourth-order valence-electron chi connectivity index (χ4n) is 1.36. The second kappa shape index (κ2) is 3.24. The zero-order valence-corrected chi connectivity index (χ0v) is 7.00. The zero-order chi connectivity index (χ0) is 6.97. The highest BCUT2D eigenvalue weighted by Gasteiger charge is 2.26. The summed E-state index contributed by atoms with van der Waals surface area (Å²) in [5.41, 5.74) is 5.64. The minimum absolute atomic E-state index is 0. The average Bonchev–Trinajstić information content (AvgIpc) is 2.31. The molecule has 62 valence electrons. The van der Waals surface area contributed by atoms with E-state index < -0.39 is 0 Å². The smallest absolute Gasteiger partial charge is 0.0948 e. The third-order valence-electron chi connectivity index (χ3n) is 2.10. The first kappa shape index (κ1) is 8.56. The van der Waals surface area contributed by atoms with E-state index in [0.29, 0.717) is 12.1 Å². The molecule has 0 aromatic carbocycles.